The van der Waals surface area contributed by atoms with Crippen LogP contribution in [0.3, 0.4) is 0 Å². The Labute approximate surface area is 156 Å². The van der Waals surface area contributed by atoms with Crippen LogP contribution in [0.25, 0.3) is 0 Å². The molecule has 0 unspecified atom stereocenters. The number of nitrogens with one attached hydrogen (secondary N) is 2. The van der Waals surface area contributed by atoms with Gasteiger partial charge in [0.15, 0.2) is 0 Å². The first kappa shape index (κ1) is 18.1. The van der Waals surface area contributed by atoms with Crippen LogP contribution in [-0.2, 0) is 4.79 Å². The van der Waals surface area contributed by atoms with Gasteiger partial charge in [0.1, 0.15) is 11.5 Å². The van der Waals surface area contributed by atoms with Crippen LogP contribution in [0, 0.1) is 0 Å². The van der Waals surface area contributed by atoms with Crippen LogP contribution in [0.5, 0.6) is 11.5 Å². The van der Waals surface area contributed by atoms with Crippen LogP contribution in [0.2, 0.25) is 0 Å². The Kier molecular flexibility index (Phi) is 6.08. The summed E-state index contributed by atoms with van der Waals surface area (Å²) in [6.07, 6.45) is 6.63. The summed E-state index contributed by atoms with van der Waals surface area (Å²) in [7, 11) is 0. The molecule has 0 fully saturated rings. The number of anilines is 1. The lowest BCUT2D eigenvalue weighted by molar-refractivity contribution is -0.116. The van der Waals surface area contributed by atoms with Crippen molar-refractivity contribution in [1.82, 2.24) is 15.3 Å². The number of hydrogen-bond donors (Lipinski definition) is 2. The van der Waals surface area contributed by atoms with Crippen molar-refractivity contribution in [2.24, 2.45) is 0 Å². The van der Waals surface area contributed by atoms with E-state index in [9.17, 15) is 9.59 Å². The number of rotatable bonds is 7. The van der Waals surface area contributed by atoms with Crippen LogP contribution >= 0.6 is 0 Å². The van der Waals surface area contributed by atoms with E-state index in [0.717, 1.165) is 0 Å². The molecule has 2 amide bonds. The van der Waals surface area contributed by atoms with Gasteiger partial charge in [-0.2, -0.15) is 0 Å². The minimum Gasteiger partial charge on any atom is -0.456 e. The fourth-order valence-corrected chi connectivity index (χ4v) is 2.27. The van der Waals surface area contributed by atoms with E-state index in [4.69, 9.17) is 4.74 Å². The molecule has 136 valence electrons. The molecule has 2 N–H and O–H groups in total. The van der Waals surface area contributed by atoms with Crippen molar-refractivity contribution in [2.75, 3.05) is 11.9 Å². The van der Waals surface area contributed by atoms with Gasteiger partial charge in [0, 0.05) is 30.9 Å². The Bertz CT molecular complexity index is 884. The zero-order valence-corrected chi connectivity index (χ0v) is 14.5. The minimum absolute atomic E-state index is 0.169. The zero-order chi connectivity index (χ0) is 18.9. The summed E-state index contributed by atoms with van der Waals surface area (Å²) >= 11 is 0. The van der Waals surface area contributed by atoms with Crippen molar-refractivity contribution in [1.29, 1.82) is 0 Å². The van der Waals surface area contributed by atoms with E-state index in [1.165, 1.54) is 0 Å². The fourth-order valence-electron chi connectivity index (χ4n) is 2.27. The van der Waals surface area contributed by atoms with Gasteiger partial charge < -0.3 is 15.4 Å². The van der Waals surface area contributed by atoms with E-state index in [-0.39, 0.29) is 24.8 Å². The van der Waals surface area contributed by atoms with Crippen molar-refractivity contribution in [3.8, 4) is 11.5 Å². The average Bonchev–Trinajstić information content (AvgIpc) is 2.70. The molecule has 0 saturated heterocycles. The normalized spacial score (nSPS) is 10.1. The first-order valence-corrected chi connectivity index (χ1v) is 8.37. The van der Waals surface area contributed by atoms with Crippen LogP contribution in [0.1, 0.15) is 16.8 Å². The number of carbonyl (C=O) groups excluding carboxylic acids is 2. The van der Waals surface area contributed by atoms with Crippen molar-refractivity contribution < 1.29 is 14.3 Å². The van der Waals surface area contributed by atoms with E-state index in [1.54, 1.807) is 73.3 Å². The number of pyridine rings is 2. The van der Waals surface area contributed by atoms with Gasteiger partial charge in [0.05, 0.1) is 18.1 Å². The molecule has 3 aromatic rings. The average molecular weight is 362 g/mol. The highest BCUT2D eigenvalue weighted by molar-refractivity contribution is 5.95. The van der Waals surface area contributed by atoms with Gasteiger partial charge >= 0.3 is 0 Å². The number of hydrogen-bond acceptors (Lipinski definition) is 5. The Morgan fingerprint density at radius 1 is 0.889 bits per heavy atom. The largest absolute Gasteiger partial charge is 0.456 e. The third kappa shape index (κ3) is 5.64. The highest BCUT2D eigenvalue weighted by Crippen LogP contribution is 2.20. The molecule has 27 heavy (non-hydrogen) atoms. The minimum atomic E-state index is -0.253. The number of nitrogens with zero attached hydrogens (tertiary/aromatic N) is 2. The van der Waals surface area contributed by atoms with Gasteiger partial charge in [-0.1, -0.05) is 0 Å². The quantitative estimate of drug-likeness (QED) is 0.674. The molecule has 0 aliphatic heterocycles. The van der Waals surface area contributed by atoms with E-state index in [2.05, 4.69) is 20.6 Å². The summed E-state index contributed by atoms with van der Waals surface area (Å²) in [5.74, 6) is 0.783. The molecule has 0 aliphatic carbocycles. The molecule has 0 saturated carbocycles. The topological polar surface area (TPSA) is 93.2 Å². The van der Waals surface area contributed by atoms with Crippen molar-refractivity contribution in [3.05, 3.63) is 78.9 Å². The number of benzene rings is 1. The van der Waals surface area contributed by atoms with Crippen LogP contribution in [-0.4, -0.2) is 28.3 Å². The lowest BCUT2D eigenvalue weighted by atomic mass is 10.2. The second-order valence-electron chi connectivity index (χ2n) is 5.61. The highest BCUT2D eigenvalue weighted by Gasteiger charge is 2.08. The van der Waals surface area contributed by atoms with Gasteiger partial charge in [-0.3, -0.25) is 19.6 Å². The first-order valence-electron chi connectivity index (χ1n) is 8.37. The van der Waals surface area contributed by atoms with Crippen molar-refractivity contribution in [2.45, 2.75) is 6.42 Å². The molecule has 0 aliphatic rings. The Morgan fingerprint density at radius 3 is 2.30 bits per heavy atom. The molecular formula is C20H18N4O3. The molecule has 7 nitrogen and oxygen atoms in total. The zero-order valence-electron chi connectivity index (χ0n) is 14.5. The maximum atomic E-state index is 12.2. The number of aromatic nitrogens is 2. The Balaban J connectivity index is 1.44. The van der Waals surface area contributed by atoms with E-state index < -0.39 is 0 Å². The number of amides is 2. The monoisotopic (exact) mass is 362 g/mol. The van der Waals surface area contributed by atoms with Crippen molar-refractivity contribution in [3.63, 3.8) is 0 Å². The lowest BCUT2D eigenvalue weighted by Crippen LogP contribution is -2.27. The standard InChI is InChI=1S/C20H18N4O3/c25-19(24-16-3-1-10-21-13-16)9-12-23-20(26)15-5-7-17(8-6-15)27-18-4-2-11-22-14-18/h1-8,10-11,13-14H,9,12H2,(H,23,26)(H,24,25). The second-order valence-corrected chi connectivity index (χ2v) is 5.61. The molecule has 0 atom stereocenters. The van der Waals surface area contributed by atoms with E-state index >= 15 is 0 Å². The van der Waals surface area contributed by atoms with Gasteiger partial charge in [-0.25, -0.2) is 0 Å². The SMILES string of the molecule is O=C(CCNC(=O)c1ccc(Oc2cccnc2)cc1)Nc1cccnc1. The lowest BCUT2D eigenvalue weighted by Gasteiger charge is -2.08. The van der Waals surface area contributed by atoms with Crippen molar-refractivity contribution >= 4 is 17.5 Å². The predicted molar refractivity (Wildman–Crippen MR) is 101 cm³/mol. The highest BCUT2D eigenvalue weighted by atomic mass is 16.5. The van der Waals surface area contributed by atoms with E-state index in [1.807, 2.05) is 0 Å². The molecule has 0 radical (unpaired) electrons. The summed E-state index contributed by atoms with van der Waals surface area (Å²) < 4.78 is 5.63. The summed E-state index contributed by atoms with van der Waals surface area (Å²) in [6.45, 7) is 0.235. The van der Waals surface area contributed by atoms with Gasteiger partial charge in [-0.15, -0.1) is 0 Å². The summed E-state index contributed by atoms with van der Waals surface area (Å²) in [4.78, 5) is 31.9. The smallest absolute Gasteiger partial charge is 0.251 e. The maximum absolute atomic E-state index is 12.2. The first-order chi connectivity index (χ1) is 13.2. The Morgan fingerprint density at radius 2 is 1.63 bits per heavy atom. The summed E-state index contributed by atoms with van der Waals surface area (Å²) in [5, 5.41) is 5.43. The third-order valence-electron chi connectivity index (χ3n) is 3.57. The molecule has 7 heteroatoms. The number of carbonyl (C=O) groups is 2. The molecule has 2 aromatic heterocycles. The summed E-state index contributed by atoms with van der Waals surface area (Å²) in [6, 6.07) is 13.8. The fraction of sp³-hybridized carbons (Fsp3) is 0.100. The molecule has 3 rings (SSSR count). The van der Waals surface area contributed by atoms with E-state index in [0.29, 0.717) is 22.7 Å². The molecule has 0 bridgehead atoms. The maximum Gasteiger partial charge on any atom is 0.251 e. The van der Waals surface area contributed by atoms with Crippen LogP contribution in [0.15, 0.2) is 73.3 Å². The van der Waals surface area contributed by atoms with Crippen LogP contribution < -0.4 is 15.4 Å². The molecule has 1 aromatic carbocycles. The second kappa shape index (κ2) is 9.10. The summed E-state index contributed by atoms with van der Waals surface area (Å²) in [5.41, 5.74) is 1.11. The Hall–Kier alpha value is -3.74. The van der Waals surface area contributed by atoms with Gasteiger partial charge in [-0.05, 0) is 48.5 Å². The third-order valence-corrected chi connectivity index (χ3v) is 3.57. The predicted octanol–water partition coefficient (Wildman–Crippen LogP) is 3.03. The van der Waals surface area contributed by atoms with Gasteiger partial charge in [0.2, 0.25) is 5.91 Å². The van der Waals surface area contributed by atoms with Crippen LogP contribution in [0.4, 0.5) is 5.69 Å². The molecule has 2 heterocycles. The van der Waals surface area contributed by atoms with Gasteiger partial charge in [0.25, 0.3) is 5.91 Å². The number of ether oxygens (including phenoxy) is 1. The molecule has 0 spiro atoms. The molecular weight excluding hydrogens is 344 g/mol.